The molecule has 3 heteroatoms. The number of halogens is 2. The van der Waals surface area contributed by atoms with E-state index in [4.69, 9.17) is 0 Å². The number of hydrogen-bond acceptors (Lipinski definition) is 0. The molecule has 0 N–H and O–H groups in total. The fourth-order valence-electron chi connectivity index (χ4n) is 4.51. The topological polar surface area (TPSA) is 0 Å². The fourth-order valence-corrected chi connectivity index (χ4v) is 9.52. The molecule has 0 nitrogen and oxygen atoms in total. The van der Waals surface area contributed by atoms with E-state index in [0.29, 0.717) is 0 Å². The SMILES string of the molecule is Brc1cc(-c2ccccc2)ccc1C[P+](c1ccccc1)(c1ccccc1)c1ccccc1.[Br-]. The second kappa shape index (κ2) is 11.3. The van der Waals surface area contributed by atoms with Crippen molar-refractivity contribution in [3.8, 4) is 11.1 Å². The van der Waals surface area contributed by atoms with E-state index in [1.165, 1.54) is 32.6 Å². The Kier molecular flexibility index (Phi) is 8.16. The van der Waals surface area contributed by atoms with Crippen molar-refractivity contribution in [1.29, 1.82) is 0 Å². The van der Waals surface area contributed by atoms with Crippen LogP contribution in [0.2, 0.25) is 0 Å². The summed E-state index contributed by atoms with van der Waals surface area (Å²) in [7, 11) is -1.92. The van der Waals surface area contributed by atoms with Crippen LogP contribution in [0, 0.1) is 0 Å². The van der Waals surface area contributed by atoms with Gasteiger partial charge in [-0.05, 0) is 53.6 Å². The Bertz CT molecular complexity index is 1220. The lowest BCUT2D eigenvalue weighted by molar-refractivity contribution is -0.00000621. The van der Waals surface area contributed by atoms with E-state index in [-0.39, 0.29) is 17.0 Å². The van der Waals surface area contributed by atoms with Gasteiger partial charge < -0.3 is 17.0 Å². The summed E-state index contributed by atoms with van der Waals surface area (Å²) in [6, 6.07) is 50.6. The Morgan fingerprint density at radius 3 is 1.29 bits per heavy atom. The van der Waals surface area contributed by atoms with E-state index < -0.39 is 7.26 Å². The Balaban J connectivity index is 0.00000274. The first-order chi connectivity index (χ1) is 16.3. The van der Waals surface area contributed by atoms with Crippen LogP contribution in [0.1, 0.15) is 5.56 Å². The van der Waals surface area contributed by atoms with Gasteiger partial charge in [-0.2, -0.15) is 0 Å². The van der Waals surface area contributed by atoms with Gasteiger partial charge in [0.1, 0.15) is 23.2 Å². The molecule has 0 bridgehead atoms. The van der Waals surface area contributed by atoms with Gasteiger partial charge >= 0.3 is 0 Å². The Morgan fingerprint density at radius 2 is 0.882 bits per heavy atom. The lowest BCUT2D eigenvalue weighted by Crippen LogP contribution is -3.00. The van der Waals surface area contributed by atoms with E-state index in [0.717, 1.165) is 10.6 Å². The first-order valence-electron chi connectivity index (χ1n) is 11.2. The molecule has 0 spiro atoms. The van der Waals surface area contributed by atoms with Crippen molar-refractivity contribution in [3.63, 3.8) is 0 Å². The molecule has 0 aliphatic heterocycles. The maximum Gasteiger partial charge on any atom is 0.116 e. The van der Waals surface area contributed by atoms with Gasteiger partial charge in [0, 0.05) is 10.0 Å². The zero-order valence-electron chi connectivity index (χ0n) is 18.7. The molecule has 5 aromatic rings. The number of rotatable bonds is 6. The minimum Gasteiger partial charge on any atom is -1.00 e. The maximum atomic E-state index is 3.93. The van der Waals surface area contributed by atoms with E-state index in [9.17, 15) is 0 Å². The highest BCUT2D eigenvalue weighted by Crippen LogP contribution is 2.58. The van der Waals surface area contributed by atoms with Crippen molar-refractivity contribution in [3.05, 3.63) is 150 Å². The Labute approximate surface area is 221 Å². The third-order valence-corrected chi connectivity index (χ3v) is 11.3. The third-order valence-electron chi connectivity index (χ3n) is 6.16. The van der Waals surface area contributed by atoms with Crippen molar-refractivity contribution < 1.29 is 17.0 Å². The Hall–Kier alpha value is -2.51. The summed E-state index contributed by atoms with van der Waals surface area (Å²) in [6.07, 6.45) is 0.959. The molecule has 0 saturated carbocycles. The molecule has 0 radical (unpaired) electrons. The maximum absolute atomic E-state index is 3.93. The molecule has 5 rings (SSSR count). The van der Waals surface area contributed by atoms with Crippen molar-refractivity contribution in [2.75, 3.05) is 0 Å². The molecule has 0 atom stereocenters. The zero-order chi connectivity index (χ0) is 22.5. The molecule has 168 valence electrons. The highest BCUT2D eigenvalue weighted by atomic mass is 79.9. The highest BCUT2D eigenvalue weighted by molar-refractivity contribution is 9.10. The predicted octanol–water partition coefficient (Wildman–Crippen LogP) is 4.61. The summed E-state index contributed by atoms with van der Waals surface area (Å²) >= 11 is 3.93. The van der Waals surface area contributed by atoms with E-state index >= 15 is 0 Å². The summed E-state index contributed by atoms with van der Waals surface area (Å²) < 4.78 is 1.16. The Morgan fingerprint density at radius 1 is 0.471 bits per heavy atom. The number of hydrogen-bond donors (Lipinski definition) is 0. The molecule has 34 heavy (non-hydrogen) atoms. The second-order valence-corrected chi connectivity index (χ2v) is 12.5. The first-order valence-corrected chi connectivity index (χ1v) is 13.9. The molecule has 0 aliphatic rings. The number of benzene rings is 5. The molecule has 0 fully saturated rings. The molecule has 0 unspecified atom stereocenters. The van der Waals surface area contributed by atoms with Crippen molar-refractivity contribution in [1.82, 2.24) is 0 Å². The van der Waals surface area contributed by atoms with Crippen LogP contribution < -0.4 is 32.9 Å². The van der Waals surface area contributed by atoms with Crippen LogP contribution in [0.4, 0.5) is 0 Å². The molecule has 0 saturated heterocycles. The standard InChI is InChI=1S/C31H25BrP.BrH/c32-31-23-26(25-13-5-1-6-14-25)21-22-27(31)24-33(28-15-7-2-8-16-28,29-17-9-3-10-18-29)30-19-11-4-12-20-30;/h1-23H,24H2;1H/q+1;/p-1. The van der Waals surface area contributed by atoms with Gasteiger partial charge in [-0.15, -0.1) is 0 Å². The van der Waals surface area contributed by atoms with E-state index in [1.807, 2.05) is 0 Å². The smallest absolute Gasteiger partial charge is 0.116 e. The van der Waals surface area contributed by atoms with Gasteiger partial charge in [0.05, 0.1) is 6.16 Å². The van der Waals surface area contributed by atoms with Gasteiger partial charge in [-0.1, -0.05) is 113 Å². The van der Waals surface area contributed by atoms with Gasteiger partial charge in [0.2, 0.25) is 0 Å². The highest BCUT2D eigenvalue weighted by Gasteiger charge is 2.45. The summed E-state index contributed by atoms with van der Waals surface area (Å²) in [5.74, 6) is 0. The monoisotopic (exact) mass is 586 g/mol. The van der Waals surface area contributed by atoms with Gasteiger partial charge in [0.15, 0.2) is 0 Å². The van der Waals surface area contributed by atoms with Crippen molar-refractivity contribution in [2.45, 2.75) is 6.16 Å². The molecule has 0 amide bonds. The van der Waals surface area contributed by atoms with Crippen LogP contribution in [0.3, 0.4) is 0 Å². The van der Waals surface area contributed by atoms with Crippen LogP contribution in [-0.4, -0.2) is 0 Å². The average molecular weight is 588 g/mol. The second-order valence-electron chi connectivity index (χ2n) is 8.15. The van der Waals surface area contributed by atoms with Crippen molar-refractivity contribution in [2.24, 2.45) is 0 Å². The normalized spacial score (nSPS) is 11.0. The van der Waals surface area contributed by atoms with E-state index in [2.05, 4.69) is 155 Å². The lowest BCUT2D eigenvalue weighted by atomic mass is 10.0. The summed E-state index contributed by atoms with van der Waals surface area (Å²) in [5, 5.41) is 4.21. The van der Waals surface area contributed by atoms with Gasteiger partial charge in [0.25, 0.3) is 0 Å². The average Bonchev–Trinajstić information content (AvgIpc) is 2.90. The third kappa shape index (κ3) is 4.96. The van der Waals surface area contributed by atoms with Crippen LogP contribution in [0.25, 0.3) is 11.1 Å². The zero-order valence-corrected chi connectivity index (χ0v) is 22.8. The van der Waals surface area contributed by atoms with Gasteiger partial charge in [-0.25, -0.2) is 0 Å². The van der Waals surface area contributed by atoms with E-state index in [1.54, 1.807) is 0 Å². The summed E-state index contributed by atoms with van der Waals surface area (Å²) in [4.78, 5) is 0. The van der Waals surface area contributed by atoms with Gasteiger partial charge in [-0.3, -0.25) is 0 Å². The molecular formula is C31H25Br2P. The predicted molar refractivity (Wildman–Crippen MR) is 148 cm³/mol. The molecule has 0 aromatic heterocycles. The first kappa shape index (κ1) is 24.6. The molecular weight excluding hydrogens is 563 g/mol. The van der Waals surface area contributed by atoms with Crippen molar-refractivity contribution >= 4 is 39.1 Å². The fraction of sp³-hybridized carbons (Fsp3) is 0.0323. The summed E-state index contributed by atoms with van der Waals surface area (Å²) in [5.41, 5.74) is 3.80. The summed E-state index contributed by atoms with van der Waals surface area (Å²) in [6.45, 7) is 0. The van der Waals surface area contributed by atoms with Crippen LogP contribution in [0.15, 0.2) is 144 Å². The van der Waals surface area contributed by atoms with Crippen LogP contribution in [-0.2, 0) is 6.16 Å². The molecule has 0 heterocycles. The van der Waals surface area contributed by atoms with Crippen LogP contribution >= 0.6 is 23.2 Å². The minimum absolute atomic E-state index is 0. The lowest BCUT2D eigenvalue weighted by Gasteiger charge is -2.28. The quantitative estimate of drug-likeness (QED) is 0.255. The molecule has 0 aliphatic carbocycles. The largest absolute Gasteiger partial charge is 1.00 e. The minimum atomic E-state index is -1.92. The van der Waals surface area contributed by atoms with Crippen LogP contribution in [0.5, 0.6) is 0 Å². The molecule has 5 aromatic carbocycles.